The van der Waals surface area contributed by atoms with E-state index in [-0.39, 0.29) is 0 Å². The first-order chi connectivity index (χ1) is 8.49. The van der Waals surface area contributed by atoms with E-state index in [0.717, 1.165) is 9.13 Å². The van der Waals surface area contributed by atoms with Gasteiger partial charge in [0, 0.05) is 3.57 Å². The molecular weight excluding hydrogens is 405 g/mol. The van der Waals surface area contributed by atoms with E-state index in [1.54, 1.807) is 24.3 Å². The SMILES string of the molecule is OC(c1ccc(Cl)c(Cl)c1)c1ccc(I)c(Cl)c1. The van der Waals surface area contributed by atoms with Crippen LogP contribution < -0.4 is 0 Å². The van der Waals surface area contributed by atoms with Crippen molar-refractivity contribution < 1.29 is 5.11 Å². The molecule has 0 saturated carbocycles. The molecule has 2 rings (SSSR count). The van der Waals surface area contributed by atoms with Crippen LogP contribution in [0.3, 0.4) is 0 Å². The molecule has 0 heterocycles. The second-order valence-corrected chi connectivity index (χ2v) is 6.13. The highest BCUT2D eigenvalue weighted by Crippen LogP contribution is 2.30. The number of halogens is 4. The number of hydrogen-bond donors (Lipinski definition) is 1. The summed E-state index contributed by atoms with van der Waals surface area (Å²) in [6, 6.07) is 10.5. The van der Waals surface area contributed by atoms with Crippen LogP contribution >= 0.6 is 57.4 Å². The minimum absolute atomic E-state index is 0.421. The van der Waals surface area contributed by atoms with Crippen LogP contribution in [-0.2, 0) is 0 Å². The lowest BCUT2D eigenvalue weighted by molar-refractivity contribution is 0.220. The zero-order valence-corrected chi connectivity index (χ0v) is 13.4. The van der Waals surface area contributed by atoms with Crippen LogP contribution in [-0.4, -0.2) is 5.11 Å². The minimum atomic E-state index is -0.769. The van der Waals surface area contributed by atoms with Gasteiger partial charge in [-0.05, 0) is 58.0 Å². The van der Waals surface area contributed by atoms with Gasteiger partial charge in [0.1, 0.15) is 6.10 Å². The van der Waals surface area contributed by atoms with Crippen molar-refractivity contribution in [2.45, 2.75) is 6.10 Å². The zero-order chi connectivity index (χ0) is 13.3. The smallest absolute Gasteiger partial charge is 0.104 e. The van der Waals surface area contributed by atoms with Gasteiger partial charge in [0.15, 0.2) is 0 Å². The molecule has 2 aromatic carbocycles. The Labute approximate surface area is 134 Å². The van der Waals surface area contributed by atoms with Crippen molar-refractivity contribution in [2.75, 3.05) is 0 Å². The van der Waals surface area contributed by atoms with Gasteiger partial charge in [-0.15, -0.1) is 0 Å². The molecule has 18 heavy (non-hydrogen) atoms. The Bertz CT molecular complexity index is 535. The summed E-state index contributed by atoms with van der Waals surface area (Å²) in [5.41, 5.74) is 1.40. The monoisotopic (exact) mass is 412 g/mol. The average Bonchev–Trinajstić information content (AvgIpc) is 2.35. The molecular formula is C13H8Cl3IO. The van der Waals surface area contributed by atoms with E-state index in [2.05, 4.69) is 22.6 Å². The van der Waals surface area contributed by atoms with Gasteiger partial charge >= 0.3 is 0 Å². The Balaban J connectivity index is 2.37. The van der Waals surface area contributed by atoms with Crippen LogP contribution in [0.15, 0.2) is 36.4 Å². The Morgan fingerprint density at radius 1 is 0.833 bits per heavy atom. The van der Waals surface area contributed by atoms with Gasteiger partial charge in [0.05, 0.1) is 15.1 Å². The van der Waals surface area contributed by atoms with Crippen LogP contribution in [0, 0.1) is 3.57 Å². The van der Waals surface area contributed by atoms with Crippen LogP contribution in [0.2, 0.25) is 15.1 Å². The van der Waals surface area contributed by atoms with E-state index in [0.29, 0.717) is 20.6 Å². The summed E-state index contributed by atoms with van der Waals surface area (Å²) in [6.07, 6.45) is -0.769. The molecule has 0 amide bonds. The summed E-state index contributed by atoms with van der Waals surface area (Å²) in [7, 11) is 0. The second-order valence-electron chi connectivity index (χ2n) is 3.75. The van der Waals surface area contributed by atoms with Crippen LogP contribution in [0.25, 0.3) is 0 Å². The Hall–Kier alpha value is -0.000000000000000167. The van der Waals surface area contributed by atoms with E-state index in [1.807, 2.05) is 12.1 Å². The van der Waals surface area contributed by atoms with Crippen molar-refractivity contribution >= 4 is 57.4 Å². The molecule has 0 saturated heterocycles. The van der Waals surface area contributed by atoms with E-state index < -0.39 is 6.10 Å². The molecule has 0 aromatic heterocycles. The first-order valence-corrected chi connectivity index (χ1v) is 7.28. The number of benzene rings is 2. The van der Waals surface area contributed by atoms with Crippen molar-refractivity contribution in [3.8, 4) is 0 Å². The molecule has 0 aliphatic carbocycles. The normalized spacial score (nSPS) is 12.5. The fraction of sp³-hybridized carbons (Fsp3) is 0.0769. The number of aliphatic hydroxyl groups excluding tert-OH is 1. The molecule has 2 aromatic rings. The quantitative estimate of drug-likeness (QED) is 0.660. The minimum Gasteiger partial charge on any atom is -0.384 e. The Morgan fingerprint density at radius 3 is 1.94 bits per heavy atom. The fourth-order valence-corrected chi connectivity index (χ4v) is 2.39. The molecule has 1 atom stereocenters. The third-order valence-electron chi connectivity index (χ3n) is 2.52. The van der Waals surface area contributed by atoms with Crippen molar-refractivity contribution in [1.82, 2.24) is 0 Å². The van der Waals surface area contributed by atoms with Gasteiger partial charge in [0.2, 0.25) is 0 Å². The molecule has 0 aliphatic rings. The summed E-state index contributed by atoms with van der Waals surface area (Å²) in [5.74, 6) is 0. The molecule has 1 unspecified atom stereocenters. The maximum atomic E-state index is 10.3. The van der Waals surface area contributed by atoms with Crippen molar-refractivity contribution in [2.24, 2.45) is 0 Å². The molecule has 0 aliphatic heterocycles. The third kappa shape index (κ3) is 3.11. The van der Waals surface area contributed by atoms with Gasteiger partial charge in [0.25, 0.3) is 0 Å². The number of hydrogen-bond acceptors (Lipinski definition) is 1. The summed E-state index contributed by atoms with van der Waals surface area (Å²) < 4.78 is 0.944. The zero-order valence-electron chi connectivity index (χ0n) is 9.00. The predicted molar refractivity (Wildman–Crippen MR) is 84.7 cm³/mol. The molecule has 0 bridgehead atoms. The van der Waals surface area contributed by atoms with Crippen LogP contribution in [0.1, 0.15) is 17.2 Å². The molecule has 1 N–H and O–H groups in total. The topological polar surface area (TPSA) is 20.2 Å². The van der Waals surface area contributed by atoms with Crippen molar-refractivity contribution in [3.05, 3.63) is 66.2 Å². The Morgan fingerprint density at radius 2 is 1.39 bits per heavy atom. The number of aliphatic hydroxyl groups is 1. The predicted octanol–water partition coefficient (Wildman–Crippen LogP) is 5.33. The maximum Gasteiger partial charge on any atom is 0.104 e. The van der Waals surface area contributed by atoms with Gasteiger partial charge in [-0.25, -0.2) is 0 Å². The van der Waals surface area contributed by atoms with Crippen LogP contribution in [0.4, 0.5) is 0 Å². The highest BCUT2D eigenvalue weighted by Gasteiger charge is 2.13. The molecule has 5 heteroatoms. The highest BCUT2D eigenvalue weighted by molar-refractivity contribution is 14.1. The first kappa shape index (κ1) is 14.4. The average molecular weight is 413 g/mol. The fourth-order valence-electron chi connectivity index (χ4n) is 1.56. The van der Waals surface area contributed by atoms with E-state index in [9.17, 15) is 5.11 Å². The third-order valence-corrected chi connectivity index (χ3v) is 4.83. The van der Waals surface area contributed by atoms with E-state index in [1.165, 1.54) is 0 Å². The summed E-state index contributed by atoms with van der Waals surface area (Å²) >= 11 is 19.9. The summed E-state index contributed by atoms with van der Waals surface area (Å²) in [5, 5.41) is 11.8. The number of rotatable bonds is 2. The largest absolute Gasteiger partial charge is 0.384 e. The second kappa shape index (κ2) is 5.97. The lowest BCUT2D eigenvalue weighted by Crippen LogP contribution is -2.00. The van der Waals surface area contributed by atoms with Crippen molar-refractivity contribution in [1.29, 1.82) is 0 Å². The first-order valence-electron chi connectivity index (χ1n) is 5.07. The van der Waals surface area contributed by atoms with Gasteiger partial charge < -0.3 is 5.11 Å². The van der Waals surface area contributed by atoms with Gasteiger partial charge in [-0.3, -0.25) is 0 Å². The molecule has 94 valence electrons. The van der Waals surface area contributed by atoms with Gasteiger partial charge in [-0.2, -0.15) is 0 Å². The highest BCUT2D eigenvalue weighted by atomic mass is 127. The van der Waals surface area contributed by atoms with Crippen LogP contribution in [0.5, 0.6) is 0 Å². The molecule has 1 nitrogen and oxygen atoms in total. The van der Waals surface area contributed by atoms with E-state index in [4.69, 9.17) is 34.8 Å². The molecule has 0 fully saturated rings. The molecule has 0 radical (unpaired) electrons. The van der Waals surface area contributed by atoms with E-state index >= 15 is 0 Å². The lowest BCUT2D eigenvalue weighted by Gasteiger charge is -2.13. The summed E-state index contributed by atoms with van der Waals surface area (Å²) in [6.45, 7) is 0. The van der Waals surface area contributed by atoms with Crippen molar-refractivity contribution in [3.63, 3.8) is 0 Å². The Kier molecular flexibility index (Phi) is 4.78. The summed E-state index contributed by atoms with van der Waals surface area (Å²) in [4.78, 5) is 0. The standard InChI is InChI=1S/C13H8Cl3IO/c14-9-3-1-7(5-10(9)15)13(18)8-2-4-12(17)11(16)6-8/h1-6,13,18H. The van der Waals surface area contributed by atoms with Gasteiger partial charge in [-0.1, -0.05) is 46.9 Å². The lowest BCUT2D eigenvalue weighted by atomic mass is 10.0. The maximum absolute atomic E-state index is 10.3. The molecule has 0 spiro atoms.